The van der Waals surface area contributed by atoms with Crippen LogP contribution in [-0.2, 0) is 44.7 Å². The lowest BCUT2D eigenvalue weighted by Gasteiger charge is -2.44. The second-order valence-electron chi connectivity index (χ2n) is 7.83. The quantitative estimate of drug-likeness (QED) is 0.452. The van der Waals surface area contributed by atoms with Crippen molar-refractivity contribution in [2.45, 2.75) is 63.2 Å². The Morgan fingerprint density at radius 3 is 2.06 bits per heavy atom. The van der Waals surface area contributed by atoms with Crippen LogP contribution in [0, 0.1) is 0 Å². The van der Waals surface area contributed by atoms with E-state index in [0.29, 0.717) is 5.56 Å². The van der Waals surface area contributed by atoms with Crippen molar-refractivity contribution >= 4 is 46.5 Å². The van der Waals surface area contributed by atoms with E-state index in [1.807, 2.05) is 28.8 Å². The van der Waals surface area contributed by atoms with Gasteiger partial charge in [-0.3, -0.25) is 19.2 Å². The van der Waals surface area contributed by atoms with E-state index in [1.165, 1.54) is 39.5 Å². The zero-order valence-electron chi connectivity index (χ0n) is 19.3. The first-order chi connectivity index (χ1) is 16.1. The number of hydrogen-bond acceptors (Lipinski definition) is 10. The van der Waals surface area contributed by atoms with Crippen LogP contribution >= 0.6 is 11.8 Å². The summed E-state index contributed by atoms with van der Waals surface area (Å²) < 4.78 is 23.7. The molecule has 0 unspecified atom stereocenters. The normalized spacial score (nSPS) is 24.3. The minimum Gasteiger partial charge on any atom is -0.465 e. The highest BCUT2D eigenvalue weighted by molar-refractivity contribution is 8.00. The summed E-state index contributed by atoms with van der Waals surface area (Å²) in [5, 5.41) is 9.37. The van der Waals surface area contributed by atoms with Crippen molar-refractivity contribution in [1.82, 2.24) is 4.57 Å². The van der Waals surface area contributed by atoms with Gasteiger partial charge in [-0.05, 0) is 6.07 Å². The number of carbonyl (C=O) groups is 4. The minimum atomic E-state index is -1.17. The number of aliphatic hydroxyl groups is 1. The molecule has 1 aromatic carbocycles. The summed E-state index contributed by atoms with van der Waals surface area (Å²) >= 11 is 1.25. The summed E-state index contributed by atoms with van der Waals surface area (Å²) in [4.78, 5) is 47.5. The van der Waals surface area contributed by atoms with Gasteiger partial charge in [0.1, 0.15) is 12.0 Å². The predicted molar refractivity (Wildman–Crippen MR) is 122 cm³/mol. The molecule has 0 aliphatic carbocycles. The zero-order valence-corrected chi connectivity index (χ0v) is 20.1. The number of nitrogens with zero attached hydrogens (tertiary/aromatic N) is 1. The Hall–Kier alpha value is -3.05. The van der Waals surface area contributed by atoms with Gasteiger partial charge in [0.05, 0.1) is 11.9 Å². The Kier molecular flexibility index (Phi) is 8.21. The molecule has 0 radical (unpaired) electrons. The highest BCUT2D eigenvalue weighted by atomic mass is 32.2. The van der Waals surface area contributed by atoms with Gasteiger partial charge in [-0.2, -0.15) is 0 Å². The molecule has 1 aliphatic heterocycles. The van der Waals surface area contributed by atoms with Crippen LogP contribution in [0.3, 0.4) is 0 Å². The minimum absolute atomic E-state index is 0.134. The van der Waals surface area contributed by atoms with Gasteiger partial charge in [-0.15, -0.1) is 11.8 Å². The third-order valence-electron chi connectivity index (χ3n) is 5.23. The summed E-state index contributed by atoms with van der Waals surface area (Å²) in [7, 11) is 0. The van der Waals surface area contributed by atoms with E-state index in [4.69, 9.17) is 18.9 Å². The van der Waals surface area contributed by atoms with E-state index in [1.54, 1.807) is 6.20 Å². The molecule has 0 bridgehead atoms. The fourth-order valence-electron chi connectivity index (χ4n) is 4.04. The molecule has 184 valence electrons. The molecule has 0 saturated carbocycles. The second-order valence-corrected chi connectivity index (χ2v) is 9.19. The summed E-state index contributed by atoms with van der Waals surface area (Å²) in [6, 6.07) is 7.37. The fraction of sp³-hybridized carbons (Fsp3) is 0.478. The summed E-state index contributed by atoms with van der Waals surface area (Å²) in [5.41, 5.74) is 1.40. The third-order valence-corrected chi connectivity index (χ3v) is 6.76. The molecule has 2 aromatic rings. The number of hydrogen-bond donors (Lipinski definition) is 1. The van der Waals surface area contributed by atoms with E-state index < -0.39 is 52.8 Å². The van der Waals surface area contributed by atoms with Gasteiger partial charge in [0, 0.05) is 50.4 Å². The van der Waals surface area contributed by atoms with Gasteiger partial charge in [0.15, 0.2) is 18.3 Å². The highest BCUT2D eigenvalue weighted by Crippen LogP contribution is 2.45. The largest absolute Gasteiger partial charge is 0.465 e. The number of rotatable bonds is 7. The molecule has 34 heavy (non-hydrogen) atoms. The number of esters is 4. The number of aliphatic hydroxyl groups excluding tert-OH is 1. The molecule has 1 aliphatic rings. The summed E-state index contributed by atoms with van der Waals surface area (Å²) in [6.45, 7) is 4.53. The maximum Gasteiger partial charge on any atom is 0.303 e. The highest BCUT2D eigenvalue weighted by Gasteiger charge is 2.52. The van der Waals surface area contributed by atoms with Gasteiger partial charge in [0.25, 0.3) is 0 Å². The van der Waals surface area contributed by atoms with Crippen LogP contribution in [-0.4, -0.2) is 63.7 Å². The molecule has 1 saturated heterocycles. The van der Waals surface area contributed by atoms with Crippen LogP contribution in [0.1, 0.15) is 38.6 Å². The molecule has 2 heterocycles. The molecule has 10 nitrogen and oxygen atoms in total. The molecule has 1 fully saturated rings. The Labute approximate surface area is 200 Å². The van der Waals surface area contributed by atoms with Gasteiger partial charge in [-0.1, -0.05) is 18.2 Å². The molecule has 0 spiro atoms. The number of fused-ring (bicyclic) bond motifs is 1. The van der Waals surface area contributed by atoms with Crippen molar-refractivity contribution in [3.05, 3.63) is 36.0 Å². The predicted octanol–water partition coefficient (Wildman–Crippen LogP) is 2.11. The topological polar surface area (TPSA) is 130 Å². The molecule has 1 aromatic heterocycles. The number of ether oxygens (including phenoxy) is 4. The number of aromatic nitrogens is 1. The molecule has 0 amide bonds. The Balaban J connectivity index is 2.16. The van der Waals surface area contributed by atoms with Crippen LogP contribution < -0.4 is 0 Å². The fourth-order valence-corrected chi connectivity index (χ4v) is 5.58. The molecule has 3 rings (SSSR count). The van der Waals surface area contributed by atoms with Crippen molar-refractivity contribution in [3.63, 3.8) is 0 Å². The third kappa shape index (κ3) is 5.71. The standard InChI is InChI=1S/C23H27NO9S/c1-12(26)30-11-19-20(31-13(2)27)21(32-14(3)28)22(33-15(4)29)23(34-19)24-9-16(10-25)17-7-5-6-8-18(17)24/h5-9,19-23,25H,10-11H2,1-4H3/t19-,20-,21+,22-,23-/m1/s1. The molecular weight excluding hydrogens is 466 g/mol. The van der Waals surface area contributed by atoms with E-state index in [9.17, 15) is 24.3 Å². The first kappa shape index (κ1) is 25.6. The Bertz CT molecular complexity index is 1080. The lowest BCUT2D eigenvalue weighted by molar-refractivity contribution is -0.187. The maximum atomic E-state index is 12.1. The van der Waals surface area contributed by atoms with Gasteiger partial charge in [0.2, 0.25) is 0 Å². The summed E-state index contributed by atoms with van der Waals surface area (Å²) in [5.74, 6) is -2.44. The molecule has 1 N–H and O–H groups in total. The SMILES string of the molecule is CC(=O)OC[C@H]1S[C@@H](n2cc(CO)c3ccccc32)[C@H](OC(C)=O)[C@@H](OC(C)=O)[C@@H]1OC(C)=O. The van der Waals surface area contributed by atoms with E-state index in [-0.39, 0.29) is 13.2 Å². The van der Waals surface area contributed by atoms with Gasteiger partial charge in [-0.25, -0.2) is 0 Å². The number of carbonyl (C=O) groups excluding carboxylic acids is 4. The number of para-hydroxylation sites is 1. The van der Waals surface area contributed by atoms with Crippen LogP contribution in [0.25, 0.3) is 10.9 Å². The van der Waals surface area contributed by atoms with E-state index in [0.717, 1.165) is 10.9 Å². The van der Waals surface area contributed by atoms with Crippen molar-refractivity contribution < 1.29 is 43.2 Å². The second kappa shape index (κ2) is 10.9. The van der Waals surface area contributed by atoms with Crippen molar-refractivity contribution in [1.29, 1.82) is 0 Å². The lowest BCUT2D eigenvalue weighted by Crippen LogP contribution is -2.57. The van der Waals surface area contributed by atoms with E-state index in [2.05, 4.69) is 0 Å². The van der Waals surface area contributed by atoms with Crippen LogP contribution in [0.2, 0.25) is 0 Å². The average Bonchev–Trinajstić information content (AvgIpc) is 3.13. The van der Waals surface area contributed by atoms with Crippen LogP contribution in [0.15, 0.2) is 30.5 Å². The van der Waals surface area contributed by atoms with Crippen LogP contribution in [0.4, 0.5) is 0 Å². The van der Waals surface area contributed by atoms with Crippen molar-refractivity contribution in [3.8, 4) is 0 Å². The first-order valence-electron chi connectivity index (χ1n) is 10.6. The monoisotopic (exact) mass is 493 g/mol. The summed E-state index contributed by atoms with van der Waals surface area (Å²) in [6.07, 6.45) is -1.54. The van der Waals surface area contributed by atoms with Gasteiger partial charge >= 0.3 is 23.9 Å². The number of thioether (sulfide) groups is 1. The Morgan fingerprint density at radius 1 is 0.882 bits per heavy atom. The Morgan fingerprint density at radius 2 is 1.47 bits per heavy atom. The van der Waals surface area contributed by atoms with Gasteiger partial charge < -0.3 is 28.6 Å². The maximum absolute atomic E-state index is 12.1. The van der Waals surface area contributed by atoms with E-state index >= 15 is 0 Å². The smallest absolute Gasteiger partial charge is 0.303 e. The molecule has 11 heteroatoms. The zero-order chi connectivity index (χ0) is 25.0. The number of benzene rings is 1. The first-order valence-corrected chi connectivity index (χ1v) is 11.6. The molecule has 5 atom stereocenters. The average molecular weight is 494 g/mol. The van der Waals surface area contributed by atoms with Crippen LogP contribution in [0.5, 0.6) is 0 Å². The lowest BCUT2D eigenvalue weighted by atomic mass is 10.0. The van der Waals surface area contributed by atoms with Crippen molar-refractivity contribution in [2.24, 2.45) is 0 Å². The molecular formula is C23H27NO9S. The van der Waals surface area contributed by atoms with Crippen molar-refractivity contribution in [2.75, 3.05) is 6.61 Å².